The second-order valence-corrected chi connectivity index (χ2v) is 9.79. The lowest BCUT2D eigenvalue weighted by atomic mass is 9.96. The van der Waals surface area contributed by atoms with E-state index in [2.05, 4.69) is 76.6 Å². The number of carbonyl (C=O) groups is 2. The lowest BCUT2D eigenvalue weighted by molar-refractivity contribution is -1.03. The summed E-state index contributed by atoms with van der Waals surface area (Å²) >= 11 is 3.41. The molecule has 0 aromatic heterocycles. The Morgan fingerprint density at radius 2 is 1.30 bits per heavy atom. The Morgan fingerprint density at radius 1 is 0.758 bits per heavy atom. The first-order chi connectivity index (χ1) is 16.1. The van der Waals surface area contributed by atoms with Crippen molar-refractivity contribution in [2.75, 3.05) is 31.1 Å². The SMILES string of the molecule is O=C1C[C@H]([NH+]2CC[NH+](C(c3ccccc3)c3ccccc3)CC2)C(=O)N1c1ccc(Br)cc1. The zero-order valence-corrected chi connectivity index (χ0v) is 20.0. The summed E-state index contributed by atoms with van der Waals surface area (Å²) in [6, 6.07) is 28.7. The Morgan fingerprint density at radius 3 is 1.85 bits per heavy atom. The number of anilines is 1. The van der Waals surface area contributed by atoms with E-state index in [0.717, 1.165) is 30.7 Å². The lowest BCUT2D eigenvalue weighted by Gasteiger charge is -2.36. The maximum atomic E-state index is 13.2. The molecule has 168 valence electrons. The molecule has 1 atom stereocenters. The molecule has 5 nitrogen and oxygen atoms in total. The third kappa shape index (κ3) is 4.51. The monoisotopic (exact) mass is 505 g/mol. The van der Waals surface area contributed by atoms with Gasteiger partial charge in [0.25, 0.3) is 5.91 Å². The smallest absolute Gasteiger partial charge is 0.292 e. The van der Waals surface area contributed by atoms with E-state index in [4.69, 9.17) is 0 Å². The molecule has 3 aromatic carbocycles. The van der Waals surface area contributed by atoms with E-state index in [-0.39, 0.29) is 23.9 Å². The minimum absolute atomic E-state index is 0.0663. The summed E-state index contributed by atoms with van der Waals surface area (Å²) in [5.74, 6) is -0.163. The first-order valence-corrected chi connectivity index (χ1v) is 12.3. The highest BCUT2D eigenvalue weighted by molar-refractivity contribution is 9.10. The highest BCUT2D eigenvalue weighted by atomic mass is 79.9. The van der Waals surface area contributed by atoms with Crippen molar-refractivity contribution < 1.29 is 19.4 Å². The predicted octanol–water partition coefficient (Wildman–Crippen LogP) is 1.65. The fourth-order valence-electron chi connectivity index (χ4n) is 5.30. The molecule has 0 saturated carbocycles. The maximum Gasteiger partial charge on any atom is 0.292 e. The number of piperazine rings is 1. The molecule has 2 heterocycles. The Labute approximate surface area is 202 Å². The second-order valence-electron chi connectivity index (χ2n) is 8.87. The van der Waals surface area contributed by atoms with E-state index in [1.807, 2.05) is 24.3 Å². The van der Waals surface area contributed by atoms with Gasteiger partial charge in [0.15, 0.2) is 6.04 Å². The van der Waals surface area contributed by atoms with Crippen LogP contribution in [0.15, 0.2) is 89.4 Å². The molecule has 0 bridgehead atoms. The van der Waals surface area contributed by atoms with Crippen LogP contribution in [0, 0.1) is 0 Å². The summed E-state index contributed by atoms with van der Waals surface area (Å²) in [6.07, 6.45) is 0.292. The van der Waals surface area contributed by atoms with Gasteiger partial charge in [-0.1, -0.05) is 76.6 Å². The summed E-state index contributed by atoms with van der Waals surface area (Å²) in [7, 11) is 0. The summed E-state index contributed by atoms with van der Waals surface area (Å²) < 4.78 is 0.929. The average Bonchev–Trinajstić information content (AvgIpc) is 3.15. The van der Waals surface area contributed by atoms with Crippen LogP contribution in [0.2, 0.25) is 0 Å². The number of hydrogen-bond acceptors (Lipinski definition) is 2. The fourth-order valence-corrected chi connectivity index (χ4v) is 5.56. The average molecular weight is 506 g/mol. The van der Waals surface area contributed by atoms with Crippen LogP contribution in [-0.4, -0.2) is 44.0 Å². The highest BCUT2D eigenvalue weighted by Gasteiger charge is 2.47. The molecule has 2 fully saturated rings. The number of halogens is 1. The summed E-state index contributed by atoms with van der Waals surface area (Å²) in [5, 5.41) is 0. The Hall–Kier alpha value is -2.80. The normalized spacial score (nSPS) is 23.3. The van der Waals surface area contributed by atoms with Gasteiger partial charge in [-0.3, -0.25) is 9.59 Å². The van der Waals surface area contributed by atoms with Crippen molar-refractivity contribution in [3.63, 3.8) is 0 Å². The van der Waals surface area contributed by atoms with E-state index >= 15 is 0 Å². The Bertz CT molecular complexity index is 1070. The van der Waals surface area contributed by atoms with E-state index < -0.39 is 0 Å². The molecule has 33 heavy (non-hydrogen) atoms. The van der Waals surface area contributed by atoms with Gasteiger partial charge >= 0.3 is 0 Å². The van der Waals surface area contributed by atoms with E-state index in [0.29, 0.717) is 12.1 Å². The number of imide groups is 1. The summed E-state index contributed by atoms with van der Waals surface area (Å²) in [5.41, 5.74) is 3.29. The molecular formula is C27H28BrN3O2+2. The van der Waals surface area contributed by atoms with Crippen LogP contribution in [0.5, 0.6) is 0 Å². The van der Waals surface area contributed by atoms with Crippen LogP contribution in [0.1, 0.15) is 23.6 Å². The quantitative estimate of drug-likeness (QED) is 0.518. The fraction of sp³-hybridized carbons (Fsp3) is 0.259. The van der Waals surface area contributed by atoms with E-state index in [1.165, 1.54) is 25.8 Å². The molecular weight excluding hydrogens is 478 g/mol. The standard InChI is InChI=1S/C27H26BrN3O2/c28-22-11-13-23(14-12-22)31-25(32)19-24(27(31)33)29-15-17-30(18-16-29)26(20-7-3-1-4-8-20)21-9-5-2-6-10-21/h1-14,24,26H,15-19H2/p+2/t24-/m0/s1. The van der Waals surface area contributed by atoms with Crippen LogP contribution in [0.4, 0.5) is 5.69 Å². The number of hydrogen-bond donors (Lipinski definition) is 2. The van der Waals surface area contributed by atoms with Crippen LogP contribution >= 0.6 is 15.9 Å². The van der Waals surface area contributed by atoms with Gasteiger partial charge in [0.05, 0.1) is 12.1 Å². The zero-order chi connectivity index (χ0) is 22.8. The van der Waals surface area contributed by atoms with Crippen molar-refractivity contribution in [1.29, 1.82) is 0 Å². The molecule has 6 heteroatoms. The molecule has 2 N–H and O–H groups in total. The van der Waals surface area contributed by atoms with Crippen LogP contribution in [0.3, 0.4) is 0 Å². The molecule has 2 aliphatic heterocycles. The van der Waals surface area contributed by atoms with Gasteiger partial charge < -0.3 is 9.80 Å². The highest BCUT2D eigenvalue weighted by Crippen LogP contribution is 2.24. The van der Waals surface area contributed by atoms with Crippen molar-refractivity contribution >= 4 is 33.4 Å². The number of benzene rings is 3. The first-order valence-electron chi connectivity index (χ1n) is 11.5. The predicted molar refractivity (Wildman–Crippen MR) is 131 cm³/mol. The molecule has 3 aromatic rings. The number of nitrogens with zero attached hydrogens (tertiary/aromatic N) is 1. The topological polar surface area (TPSA) is 46.3 Å². The number of carbonyl (C=O) groups excluding carboxylic acids is 2. The van der Waals surface area contributed by atoms with Crippen molar-refractivity contribution in [3.8, 4) is 0 Å². The molecule has 2 saturated heterocycles. The zero-order valence-electron chi connectivity index (χ0n) is 18.4. The lowest BCUT2D eigenvalue weighted by Crippen LogP contribution is -3.30. The molecule has 0 radical (unpaired) electrons. The van der Waals surface area contributed by atoms with Crippen LogP contribution in [-0.2, 0) is 9.59 Å². The molecule has 5 rings (SSSR count). The number of quaternary nitrogens is 2. The number of nitrogens with one attached hydrogen (secondary N) is 2. The van der Waals surface area contributed by atoms with Gasteiger partial charge in [0.2, 0.25) is 5.91 Å². The van der Waals surface area contributed by atoms with Crippen LogP contribution in [0.25, 0.3) is 0 Å². The Balaban J connectivity index is 1.31. The minimum Gasteiger partial charge on any atom is -0.316 e. The van der Waals surface area contributed by atoms with Crippen LogP contribution < -0.4 is 14.7 Å². The molecule has 0 aliphatic carbocycles. The van der Waals surface area contributed by atoms with Gasteiger partial charge in [0.1, 0.15) is 32.2 Å². The largest absolute Gasteiger partial charge is 0.316 e. The van der Waals surface area contributed by atoms with Crippen molar-refractivity contribution in [1.82, 2.24) is 0 Å². The molecule has 2 amide bonds. The first kappa shape index (κ1) is 22.0. The summed E-state index contributed by atoms with van der Waals surface area (Å²) in [6.45, 7) is 3.67. The van der Waals surface area contributed by atoms with Gasteiger partial charge in [-0.25, -0.2) is 4.90 Å². The van der Waals surface area contributed by atoms with Crippen molar-refractivity contribution in [2.24, 2.45) is 0 Å². The van der Waals surface area contributed by atoms with Crippen molar-refractivity contribution in [3.05, 3.63) is 101 Å². The van der Waals surface area contributed by atoms with Crippen molar-refractivity contribution in [2.45, 2.75) is 18.5 Å². The van der Waals surface area contributed by atoms with Gasteiger partial charge in [-0.05, 0) is 24.3 Å². The van der Waals surface area contributed by atoms with Gasteiger partial charge in [-0.15, -0.1) is 0 Å². The van der Waals surface area contributed by atoms with Gasteiger partial charge in [0, 0.05) is 15.6 Å². The number of amides is 2. The summed E-state index contributed by atoms with van der Waals surface area (Å²) in [4.78, 5) is 30.1. The van der Waals surface area contributed by atoms with Gasteiger partial charge in [-0.2, -0.15) is 0 Å². The van der Waals surface area contributed by atoms with E-state index in [9.17, 15) is 9.59 Å². The number of rotatable bonds is 5. The van der Waals surface area contributed by atoms with E-state index in [1.54, 1.807) is 0 Å². The molecule has 0 unspecified atom stereocenters. The minimum atomic E-state index is -0.283. The Kier molecular flexibility index (Phi) is 6.40. The second kappa shape index (κ2) is 9.59. The molecule has 0 spiro atoms. The third-order valence-corrected chi connectivity index (χ3v) is 7.46. The molecule has 2 aliphatic rings. The maximum absolute atomic E-state index is 13.2. The third-order valence-electron chi connectivity index (χ3n) is 6.93.